The average Bonchev–Trinajstić information content (AvgIpc) is 2.74. The van der Waals surface area contributed by atoms with Gasteiger partial charge in [-0.2, -0.15) is 0 Å². The molecular weight excluding hydrogens is 233 g/mol. The summed E-state index contributed by atoms with van der Waals surface area (Å²) in [5.41, 5.74) is 1.02. The van der Waals surface area contributed by atoms with E-state index in [4.69, 9.17) is 0 Å². The summed E-state index contributed by atoms with van der Waals surface area (Å²) in [6, 6.07) is 6.27. The van der Waals surface area contributed by atoms with E-state index in [1.807, 2.05) is 19.0 Å². The first kappa shape index (κ1) is 12.6. The van der Waals surface area contributed by atoms with Crippen molar-refractivity contribution in [3.05, 3.63) is 35.8 Å². The zero-order valence-corrected chi connectivity index (χ0v) is 10.5. The number of hydrogen-bond acceptors (Lipinski definition) is 2. The van der Waals surface area contributed by atoms with Gasteiger partial charge < -0.3 is 15.2 Å². The van der Waals surface area contributed by atoms with E-state index in [0.29, 0.717) is 23.1 Å². The normalized spacial score (nSPS) is 11.1. The van der Waals surface area contributed by atoms with Crippen molar-refractivity contribution < 1.29 is 9.18 Å². The molecule has 0 aliphatic rings. The third-order valence-corrected chi connectivity index (χ3v) is 2.70. The van der Waals surface area contributed by atoms with Crippen LogP contribution in [0.3, 0.4) is 0 Å². The number of hydrogen-bond donors (Lipinski definition) is 2. The molecule has 5 heteroatoms. The van der Waals surface area contributed by atoms with Crippen LogP contribution in [0.4, 0.5) is 4.39 Å². The highest BCUT2D eigenvalue weighted by molar-refractivity contribution is 5.98. The smallest absolute Gasteiger partial charge is 0.267 e. The van der Waals surface area contributed by atoms with Gasteiger partial charge in [0.2, 0.25) is 0 Å². The van der Waals surface area contributed by atoms with E-state index in [1.165, 1.54) is 12.1 Å². The van der Waals surface area contributed by atoms with Crippen LogP contribution < -0.4 is 5.32 Å². The Kier molecular flexibility index (Phi) is 3.62. The molecular formula is C13H16FN3O. The summed E-state index contributed by atoms with van der Waals surface area (Å²) in [5, 5.41) is 3.22. The number of nitrogens with zero attached hydrogens (tertiary/aromatic N) is 1. The number of aromatic nitrogens is 1. The quantitative estimate of drug-likeness (QED) is 0.864. The summed E-state index contributed by atoms with van der Waals surface area (Å²) in [7, 11) is 3.87. The lowest BCUT2D eigenvalue weighted by molar-refractivity contribution is 0.0947. The molecule has 0 aliphatic heterocycles. The number of likely N-dealkylation sites (N-methyl/N-ethyl adjacent to an activating group) is 1. The van der Waals surface area contributed by atoms with E-state index in [-0.39, 0.29) is 11.7 Å². The highest BCUT2D eigenvalue weighted by Crippen LogP contribution is 2.18. The Bertz CT molecular complexity index is 562. The monoisotopic (exact) mass is 249 g/mol. The van der Waals surface area contributed by atoms with Crippen molar-refractivity contribution in [2.45, 2.75) is 0 Å². The summed E-state index contributed by atoms with van der Waals surface area (Å²) < 4.78 is 13.5. The second kappa shape index (κ2) is 5.18. The van der Waals surface area contributed by atoms with Crippen LogP contribution in [-0.2, 0) is 0 Å². The number of benzene rings is 1. The van der Waals surface area contributed by atoms with Crippen LogP contribution >= 0.6 is 0 Å². The molecule has 1 aromatic carbocycles. The molecule has 0 fully saturated rings. The van der Waals surface area contributed by atoms with Crippen molar-refractivity contribution in [1.82, 2.24) is 15.2 Å². The second-order valence-electron chi connectivity index (χ2n) is 4.44. The third kappa shape index (κ3) is 2.68. The van der Waals surface area contributed by atoms with Crippen LogP contribution in [0.25, 0.3) is 10.9 Å². The minimum absolute atomic E-state index is 0.215. The van der Waals surface area contributed by atoms with Crippen molar-refractivity contribution in [3.8, 4) is 0 Å². The lowest BCUT2D eigenvalue weighted by Gasteiger charge is -2.09. The Morgan fingerprint density at radius 3 is 2.89 bits per heavy atom. The third-order valence-electron chi connectivity index (χ3n) is 2.70. The topological polar surface area (TPSA) is 48.1 Å². The maximum atomic E-state index is 13.5. The van der Waals surface area contributed by atoms with E-state index in [1.54, 1.807) is 12.1 Å². The predicted molar refractivity (Wildman–Crippen MR) is 69.1 cm³/mol. The summed E-state index contributed by atoms with van der Waals surface area (Å²) in [6.45, 7) is 1.32. The number of rotatable bonds is 4. The zero-order chi connectivity index (χ0) is 13.1. The fraction of sp³-hybridized carbons (Fsp3) is 0.308. The SMILES string of the molecule is CN(C)CCNC(=O)c1cc2c(F)cccc2[nH]1. The summed E-state index contributed by atoms with van der Waals surface area (Å²) >= 11 is 0. The predicted octanol–water partition coefficient (Wildman–Crippen LogP) is 1.60. The van der Waals surface area contributed by atoms with Crippen molar-refractivity contribution in [2.24, 2.45) is 0 Å². The highest BCUT2D eigenvalue weighted by Gasteiger charge is 2.10. The van der Waals surface area contributed by atoms with Gasteiger partial charge in [-0.05, 0) is 32.3 Å². The molecule has 0 bridgehead atoms. The van der Waals surface area contributed by atoms with Gasteiger partial charge in [-0.3, -0.25) is 4.79 Å². The molecule has 0 radical (unpaired) electrons. The van der Waals surface area contributed by atoms with Gasteiger partial charge in [0.15, 0.2) is 0 Å². The van der Waals surface area contributed by atoms with Gasteiger partial charge in [0.1, 0.15) is 11.5 Å². The van der Waals surface area contributed by atoms with Crippen molar-refractivity contribution >= 4 is 16.8 Å². The minimum Gasteiger partial charge on any atom is -0.350 e. The first-order valence-electron chi connectivity index (χ1n) is 5.78. The fourth-order valence-corrected chi connectivity index (χ4v) is 1.73. The molecule has 4 nitrogen and oxygen atoms in total. The van der Waals surface area contributed by atoms with Crippen LogP contribution in [0, 0.1) is 5.82 Å². The fourth-order valence-electron chi connectivity index (χ4n) is 1.73. The number of carbonyl (C=O) groups is 1. The largest absolute Gasteiger partial charge is 0.350 e. The number of halogens is 1. The molecule has 2 aromatic rings. The molecule has 0 saturated carbocycles. The van der Waals surface area contributed by atoms with Gasteiger partial charge in [0.25, 0.3) is 5.91 Å². The Hall–Kier alpha value is -1.88. The number of amides is 1. The van der Waals surface area contributed by atoms with Gasteiger partial charge >= 0.3 is 0 Å². The molecule has 1 aromatic heterocycles. The van der Waals surface area contributed by atoms with Crippen LogP contribution in [0.1, 0.15) is 10.5 Å². The molecule has 1 amide bonds. The lowest BCUT2D eigenvalue weighted by atomic mass is 10.2. The van der Waals surface area contributed by atoms with Crippen molar-refractivity contribution in [1.29, 1.82) is 0 Å². The number of aromatic amines is 1. The molecule has 18 heavy (non-hydrogen) atoms. The molecule has 0 saturated heterocycles. The van der Waals surface area contributed by atoms with Gasteiger partial charge in [-0.1, -0.05) is 6.07 Å². The lowest BCUT2D eigenvalue weighted by Crippen LogP contribution is -2.31. The first-order chi connectivity index (χ1) is 8.58. The van der Waals surface area contributed by atoms with Gasteiger partial charge in [-0.25, -0.2) is 4.39 Å². The van der Waals surface area contributed by atoms with E-state index in [9.17, 15) is 9.18 Å². The number of carbonyl (C=O) groups excluding carboxylic acids is 1. The molecule has 0 aliphatic carbocycles. The number of nitrogens with one attached hydrogen (secondary N) is 2. The van der Waals surface area contributed by atoms with Crippen LogP contribution in [0.15, 0.2) is 24.3 Å². The summed E-state index contributed by atoms with van der Waals surface area (Å²) in [4.78, 5) is 16.7. The van der Waals surface area contributed by atoms with Gasteiger partial charge in [-0.15, -0.1) is 0 Å². The van der Waals surface area contributed by atoms with Gasteiger partial charge in [0.05, 0.1) is 0 Å². The minimum atomic E-state index is -0.323. The average molecular weight is 249 g/mol. The summed E-state index contributed by atoms with van der Waals surface area (Å²) in [5.74, 6) is -0.538. The standard InChI is InChI=1S/C13H16FN3O/c1-17(2)7-6-15-13(18)12-8-9-10(14)4-3-5-11(9)16-12/h3-5,8,16H,6-7H2,1-2H3,(H,15,18). The molecule has 0 spiro atoms. The summed E-state index contributed by atoms with van der Waals surface area (Å²) in [6.07, 6.45) is 0. The Morgan fingerprint density at radius 2 is 2.22 bits per heavy atom. The van der Waals surface area contributed by atoms with E-state index < -0.39 is 0 Å². The maximum absolute atomic E-state index is 13.5. The molecule has 96 valence electrons. The van der Waals surface area contributed by atoms with Crippen LogP contribution in [0.2, 0.25) is 0 Å². The van der Waals surface area contributed by atoms with Crippen LogP contribution in [-0.4, -0.2) is 43.0 Å². The maximum Gasteiger partial charge on any atom is 0.267 e. The Labute approximate surface area is 105 Å². The van der Waals surface area contributed by atoms with E-state index in [2.05, 4.69) is 10.3 Å². The zero-order valence-electron chi connectivity index (χ0n) is 10.5. The highest BCUT2D eigenvalue weighted by atomic mass is 19.1. The number of H-pyrrole nitrogens is 1. The van der Waals surface area contributed by atoms with Crippen molar-refractivity contribution in [3.63, 3.8) is 0 Å². The molecule has 0 atom stereocenters. The number of fused-ring (bicyclic) bond motifs is 1. The first-order valence-corrected chi connectivity index (χ1v) is 5.78. The van der Waals surface area contributed by atoms with Crippen molar-refractivity contribution in [2.75, 3.05) is 27.2 Å². The van der Waals surface area contributed by atoms with Crippen LogP contribution in [0.5, 0.6) is 0 Å². The Morgan fingerprint density at radius 1 is 1.44 bits per heavy atom. The Balaban J connectivity index is 2.11. The second-order valence-corrected chi connectivity index (χ2v) is 4.44. The molecule has 2 rings (SSSR count). The molecule has 1 heterocycles. The molecule has 2 N–H and O–H groups in total. The van der Waals surface area contributed by atoms with Gasteiger partial charge in [0, 0.05) is 24.0 Å². The van der Waals surface area contributed by atoms with E-state index >= 15 is 0 Å². The van der Waals surface area contributed by atoms with E-state index in [0.717, 1.165) is 6.54 Å². The molecule has 0 unspecified atom stereocenters.